The molecule has 1 heterocycles. The Balaban J connectivity index is 1.91. The summed E-state index contributed by atoms with van der Waals surface area (Å²) in [5, 5.41) is 3.46. The third-order valence-electron chi connectivity index (χ3n) is 6.25. The molecule has 1 aromatic carbocycles. The molecule has 154 valence electrons. The molecule has 1 aliphatic heterocycles. The number of amides is 2. The summed E-state index contributed by atoms with van der Waals surface area (Å²) in [7, 11) is 0. The van der Waals surface area contributed by atoms with Crippen molar-refractivity contribution in [3.8, 4) is 0 Å². The Kier molecular flexibility index (Phi) is 6.26. The summed E-state index contributed by atoms with van der Waals surface area (Å²) >= 11 is 12.5. The van der Waals surface area contributed by atoms with Crippen molar-refractivity contribution >= 4 is 35.0 Å². The highest BCUT2D eigenvalue weighted by Crippen LogP contribution is 2.50. The van der Waals surface area contributed by atoms with Gasteiger partial charge in [-0.05, 0) is 44.2 Å². The number of halogens is 3. The van der Waals surface area contributed by atoms with Crippen molar-refractivity contribution < 1.29 is 14.0 Å². The molecule has 1 N–H and O–H groups in total. The fourth-order valence-electron chi connectivity index (χ4n) is 4.54. The Bertz CT molecular complexity index is 778. The van der Waals surface area contributed by atoms with Crippen molar-refractivity contribution in [1.29, 1.82) is 0 Å². The van der Waals surface area contributed by atoms with Crippen molar-refractivity contribution in [3.05, 3.63) is 33.6 Å². The van der Waals surface area contributed by atoms with Gasteiger partial charge in [0, 0.05) is 24.6 Å². The molecule has 2 fully saturated rings. The topological polar surface area (TPSA) is 49.4 Å². The summed E-state index contributed by atoms with van der Waals surface area (Å²) in [5.74, 6) is -1.17. The van der Waals surface area contributed by atoms with Crippen LogP contribution in [0, 0.1) is 17.2 Å². The Morgan fingerprint density at radius 2 is 1.93 bits per heavy atom. The molecule has 1 saturated carbocycles. The van der Waals surface area contributed by atoms with Gasteiger partial charge in [0.2, 0.25) is 11.8 Å². The van der Waals surface area contributed by atoms with Crippen molar-refractivity contribution in [1.82, 2.24) is 10.2 Å². The molecule has 2 aliphatic rings. The van der Waals surface area contributed by atoms with Crippen LogP contribution >= 0.6 is 23.2 Å². The zero-order valence-electron chi connectivity index (χ0n) is 16.5. The second-order valence-corrected chi connectivity index (χ2v) is 9.39. The summed E-state index contributed by atoms with van der Waals surface area (Å²) in [6.07, 6.45) is 3.94. The van der Waals surface area contributed by atoms with Gasteiger partial charge in [-0.1, -0.05) is 43.0 Å². The van der Waals surface area contributed by atoms with Gasteiger partial charge in [-0.25, -0.2) is 4.39 Å². The predicted octanol–water partition coefficient (Wildman–Crippen LogP) is 5.13. The van der Waals surface area contributed by atoms with E-state index in [-0.39, 0.29) is 45.3 Å². The lowest BCUT2D eigenvalue weighted by Gasteiger charge is -2.36. The van der Waals surface area contributed by atoms with Gasteiger partial charge in [0.15, 0.2) is 0 Å². The molecule has 1 aliphatic carbocycles. The predicted molar refractivity (Wildman–Crippen MR) is 109 cm³/mol. The molecule has 1 saturated heterocycles. The van der Waals surface area contributed by atoms with Gasteiger partial charge in [-0.15, -0.1) is 0 Å². The van der Waals surface area contributed by atoms with E-state index >= 15 is 0 Å². The minimum absolute atomic E-state index is 0.0225. The molecular formula is C21H27Cl2FN2O2. The zero-order valence-corrected chi connectivity index (χ0v) is 18.0. The summed E-state index contributed by atoms with van der Waals surface area (Å²) in [6, 6.07) is 2.18. The summed E-state index contributed by atoms with van der Waals surface area (Å²) in [5.41, 5.74) is -0.0671. The molecule has 4 nitrogen and oxygen atoms in total. The average Bonchev–Trinajstić information content (AvgIpc) is 3.24. The van der Waals surface area contributed by atoms with Gasteiger partial charge in [-0.3, -0.25) is 9.59 Å². The number of rotatable bonds is 5. The first-order valence-electron chi connectivity index (χ1n) is 9.87. The maximum absolute atomic E-state index is 14.8. The number of likely N-dealkylation sites (tertiary alicyclic amines) is 1. The molecular weight excluding hydrogens is 402 g/mol. The SMILES string of the molecule is CC(C)N1CC(C(=O)NC(c2c(F)ccc(Cl)c2Cl)C2(C)CCCC2)CC1=O. The molecule has 0 spiro atoms. The lowest BCUT2D eigenvalue weighted by molar-refractivity contribution is -0.130. The van der Waals surface area contributed by atoms with Crippen LogP contribution < -0.4 is 5.32 Å². The Hall–Kier alpha value is -1.33. The molecule has 0 aromatic heterocycles. The Morgan fingerprint density at radius 1 is 1.29 bits per heavy atom. The third-order valence-corrected chi connectivity index (χ3v) is 7.07. The van der Waals surface area contributed by atoms with Gasteiger partial charge in [0.05, 0.1) is 22.0 Å². The first-order valence-corrected chi connectivity index (χ1v) is 10.6. The Labute approximate surface area is 175 Å². The molecule has 0 bridgehead atoms. The van der Waals surface area contributed by atoms with E-state index in [4.69, 9.17) is 23.2 Å². The van der Waals surface area contributed by atoms with Gasteiger partial charge in [0.1, 0.15) is 5.82 Å². The molecule has 2 unspecified atom stereocenters. The number of carbonyl (C=O) groups is 2. The highest BCUT2D eigenvalue weighted by atomic mass is 35.5. The number of benzene rings is 1. The molecule has 0 radical (unpaired) electrons. The van der Waals surface area contributed by atoms with Gasteiger partial charge in [-0.2, -0.15) is 0 Å². The summed E-state index contributed by atoms with van der Waals surface area (Å²) in [4.78, 5) is 27.0. The van der Waals surface area contributed by atoms with E-state index in [0.29, 0.717) is 6.54 Å². The van der Waals surface area contributed by atoms with Crippen molar-refractivity contribution in [2.45, 2.75) is 65.0 Å². The first kappa shape index (κ1) is 21.4. The number of hydrogen-bond acceptors (Lipinski definition) is 2. The summed E-state index contributed by atoms with van der Waals surface area (Å²) in [6.45, 7) is 6.31. The monoisotopic (exact) mass is 428 g/mol. The van der Waals surface area contributed by atoms with Crippen LogP contribution in [0.15, 0.2) is 12.1 Å². The van der Waals surface area contributed by atoms with E-state index in [0.717, 1.165) is 25.7 Å². The minimum atomic E-state index is -0.586. The van der Waals surface area contributed by atoms with E-state index in [1.165, 1.54) is 12.1 Å². The standard InChI is InChI=1S/C21H27Cl2FN2O2/c1-12(2)26-11-13(10-16(26)27)20(28)25-19(21(3)8-4-5-9-21)17-15(24)7-6-14(22)18(17)23/h6-7,12-13,19H,4-5,8-11H2,1-3H3,(H,25,28). The maximum Gasteiger partial charge on any atom is 0.225 e. The first-order chi connectivity index (χ1) is 13.1. The molecule has 28 heavy (non-hydrogen) atoms. The van der Waals surface area contributed by atoms with Crippen molar-refractivity contribution in [3.63, 3.8) is 0 Å². The fourth-order valence-corrected chi connectivity index (χ4v) is 4.97. The Morgan fingerprint density at radius 3 is 2.50 bits per heavy atom. The fraction of sp³-hybridized carbons (Fsp3) is 0.619. The molecule has 1 aromatic rings. The minimum Gasteiger partial charge on any atom is -0.348 e. The number of nitrogens with one attached hydrogen (secondary N) is 1. The lowest BCUT2D eigenvalue weighted by Crippen LogP contribution is -2.42. The lowest BCUT2D eigenvalue weighted by atomic mass is 9.76. The van der Waals surface area contributed by atoms with Gasteiger partial charge >= 0.3 is 0 Å². The average molecular weight is 429 g/mol. The van der Waals surface area contributed by atoms with Crippen LogP contribution in [0.2, 0.25) is 10.0 Å². The van der Waals surface area contributed by atoms with Crippen LogP contribution in [0.4, 0.5) is 4.39 Å². The van der Waals surface area contributed by atoms with Crippen LogP contribution in [0.25, 0.3) is 0 Å². The summed E-state index contributed by atoms with van der Waals surface area (Å²) < 4.78 is 14.8. The number of carbonyl (C=O) groups excluding carboxylic acids is 2. The molecule has 2 atom stereocenters. The smallest absolute Gasteiger partial charge is 0.225 e. The molecule has 7 heteroatoms. The maximum atomic E-state index is 14.8. The largest absolute Gasteiger partial charge is 0.348 e. The quantitative estimate of drug-likeness (QED) is 0.660. The molecule has 3 rings (SSSR count). The van der Waals surface area contributed by atoms with E-state index in [1.54, 1.807) is 4.90 Å². The van der Waals surface area contributed by atoms with Crippen LogP contribution in [0.5, 0.6) is 0 Å². The zero-order chi connectivity index (χ0) is 20.6. The molecule has 2 amide bonds. The van der Waals surface area contributed by atoms with E-state index in [9.17, 15) is 14.0 Å². The van der Waals surface area contributed by atoms with E-state index in [2.05, 4.69) is 12.2 Å². The van der Waals surface area contributed by atoms with Gasteiger partial charge in [0.25, 0.3) is 0 Å². The van der Waals surface area contributed by atoms with Crippen LogP contribution in [-0.2, 0) is 9.59 Å². The van der Waals surface area contributed by atoms with Crippen molar-refractivity contribution in [2.75, 3.05) is 6.54 Å². The second-order valence-electron chi connectivity index (χ2n) is 8.60. The highest BCUT2D eigenvalue weighted by molar-refractivity contribution is 6.42. The van der Waals surface area contributed by atoms with Crippen LogP contribution in [0.1, 0.15) is 64.5 Å². The van der Waals surface area contributed by atoms with Crippen molar-refractivity contribution in [2.24, 2.45) is 11.3 Å². The third kappa shape index (κ3) is 4.02. The van der Waals surface area contributed by atoms with Gasteiger partial charge < -0.3 is 10.2 Å². The van der Waals surface area contributed by atoms with E-state index < -0.39 is 17.8 Å². The second kappa shape index (κ2) is 8.19. The normalized spacial score (nSPS) is 22.8. The highest BCUT2D eigenvalue weighted by Gasteiger charge is 2.43. The van der Waals surface area contributed by atoms with E-state index in [1.807, 2.05) is 13.8 Å². The number of nitrogens with zero attached hydrogens (tertiary/aromatic N) is 1. The van der Waals surface area contributed by atoms with Crippen LogP contribution in [-0.4, -0.2) is 29.3 Å². The number of hydrogen-bond donors (Lipinski definition) is 1. The van der Waals surface area contributed by atoms with Crippen LogP contribution in [0.3, 0.4) is 0 Å².